The predicted molar refractivity (Wildman–Crippen MR) is 70.3 cm³/mol. The number of esters is 1. The molecule has 0 heterocycles. The van der Waals surface area contributed by atoms with E-state index in [2.05, 4.69) is 6.58 Å². The van der Waals surface area contributed by atoms with Crippen molar-refractivity contribution in [3.63, 3.8) is 0 Å². The van der Waals surface area contributed by atoms with Crippen LogP contribution in [0.25, 0.3) is 0 Å². The summed E-state index contributed by atoms with van der Waals surface area (Å²) >= 11 is 0. The van der Waals surface area contributed by atoms with E-state index in [0.717, 1.165) is 0 Å². The Hall–Kier alpha value is -1.22. The van der Waals surface area contributed by atoms with Gasteiger partial charge in [-0.05, 0) is 13.3 Å². The number of rotatable bonds is 8. The molecule has 111 valence electrons. The Morgan fingerprint density at radius 1 is 1.26 bits per heavy atom. The highest BCUT2D eigenvalue weighted by Gasteiger charge is 2.36. The number of ether oxygens (including phenoxy) is 1. The van der Waals surface area contributed by atoms with Crippen molar-refractivity contribution in [3.05, 3.63) is 12.2 Å². The topological polar surface area (TPSA) is 91.3 Å². The molecule has 0 bridgehead atoms. The van der Waals surface area contributed by atoms with Crippen molar-refractivity contribution in [1.29, 1.82) is 0 Å². The van der Waals surface area contributed by atoms with Gasteiger partial charge in [0.15, 0.2) is 0 Å². The van der Waals surface area contributed by atoms with E-state index in [-0.39, 0.29) is 5.97 Å². The SMILES string of the molecule is C=C(C)C(=O)OCCC[Si](OC)(OC)OC.O=[C]O. The third-order valence-electron chi connectivity index (χ3n) is 2.14. The summed E-state index contributed by atoms with van der Waals surface area (Å²) in [4.78, 5) is 19.3. The van der Waals surface area contributed by atoms with Gasteiger partial charge in [0.2, 0.25) is 0 Å². The second kappa shape index (κ2) is 11.8. The first-order valence-corrected chi connectivity index (χ1v) is 7.35. The molecule has 0 amide bonds. The fourth-order valence-corrected chi connectivity index (χ4v) is 2.82. The van der Waals surface area contributed by atoms with Crippen molar-refractivity contribution < 1.29 is 32.7 Å². The first-order chi connectivity index (χ1) is 8.92. The maximum atomic E-state index is 11.1. The van der Waals surface area contributed by atoms with Gasteiger partial charge in [-0.3, -0.25) is 0 Å². The fourth-order valence-electron chi connectivity index (χ4n) is 1.13. The van der Waals surface area contributed by atoms with Crippen LogP contribution < -0.4 is 0 Å². The molecule has 0 fully saturated rings. The lowest BCUT2D eigenvalue weighted by molar-refractivity contribution is -0.139. The Kier molecular flexibility index (Phi) is 12.5. The quantitative estimate of drug-likeness (QED) is 0.309. The normalized spacial score (nSPS) is 10.1. The van der Waals surface area contributed by atoms with Crippen LogP contribution in [0.1, 0.15) is 13.3 Å². The van der Waals surface area contributed by atoms with Crippen LogP contribution in [0.4, 0.5) is 0 Å². The first-order valence-electron chi connectivity index (χ1n) is 5.42. The molecule has 7 nitrogen and oxygen atoms in total. The van der Waals surface area contributed by atoms with Crippen molar-refractivity contribution in [1.82, 2.24) is 0 Å². The molecule has 1 N–H and O–H groups in total. The summed E-state index contributed by atoms with van der Waals surface area (Å²) in [5.74, 6) is -0.375. The zero-order valence-corrected chi connectivity index (χ0v) is 12.7. The van der Waals surface area contributed by atoms with Crippen LogP contribution >= 0.6 is 0 Å². The van der Waals surface area contributed by atoms with Gasteiger partial charge >= 0.3 is 21.2 Å². The molecule has 19 heavy (non-hydrogen) atoms. The monoisotopic (exact) mass is 293 g/mol. The van der Waals surface area contributed by atoms with Crippen LogP contribution in [-0.2, 0) is 27.6 Å². The Bertz CT molecular complexity index is 268. The van der Waals surface area contributed by atoms with Crippen molar-refractivity contribution in [2.24, 2.45) is 0 Å². The summed E-state index contributed by atoms with van der Waals surface area (Å²) in [5.41, 5.74) is 0.397. The van der Waals surface area contributed by atoms with Gasteiger partial charge in [-0.25, -0.2) is 9.59 Å². The van der Waals surface area contributed by atoms with E-state index in [1.807, 2.05) is 0 Å². The molecule has 0 unspecified atom stereocenters. The maximum Gasteiger partial charge on any atom is 0.500 e. The van der Waals surface area contributed by atoms with E-state index in [0.29, 0.717) is 31.1 Å². The molecule has 1 radical (unpaired) electrons. The van der Waals surface area contributed by atoms with Gasteiger partial charge in [0, 0.05) is 32.9 Å². The predicted octanol–water partition coefficient (Wildman–Crippen LogP) is 0.986. The number of hydrogen-bond donors (Lipinski definition) is 1. The molecule has 0 spiro atoms. The molecule has 0 rings (SSSR count). The second-order valence-electron chi connectivity index (χ2n) is 3.41. The standard InChI is InChI=1S/C10H20O5Si.CHO2/c1-9(2)10(11)15-7-6-8-16(12-3,13-4)14-5;2-1-3/h1,6-8H2,2-5H3;(H,2,3). The average Bonchev–Trinajstić information content (AvgIpc) is 2.40. The first kappa shape index (κ1) is 20.1. The number of carbonyl (C=O) groups is 1. The van der Waals surface area contributed by atoms with E-state index in [1.165, 1.54) is 0 Å². The van der Waals surface area contributed by atoms with Gasteiger partial charge < -0.3 is 23.1 Å². The summed E-state index contributed by atoms with van der Waals surface area (Å²) in [5, 5.41) is 6.76. The fraction of sp³-hybridized carbons (Fsp3) is 0.636. The van der Waals surface area contributed by atoms with E-state index < -0.39 is 8.80 Å². The van der Waals surface area contributed by atoms with Crippen molar-refractivity contribution in [3.8, 4) is 0 Å². The minimum Gasteiger partial charge on any atom is -0.473 e. The lowest BCUT2D eigenvalue weighted by Crippen LogP contribution is -2.42. The number of carbonyl (C=O) groups excluding carboxylic acids is 1. The highest BCUT2D eigenvalue weighted by Crippen LogP contribution is 2.14. The van der Waals surface area contributed by atoms with Crippen LogP contribution in [0.2, 0.25) is 6.04 Å². The molecule has 0 aromatic rings. The summed E-state index contributed by atoms with van der Waals surface area (Å²) in [6.45, 7) is 5.92. The number of aliphatic hydroxyl groups excluding tert-OH is 1. The number of hydrogen-bond acceptors (Lipinski definition) is 6. The Morgan fingerprint density at radius 3 is 2.00 bits per heavy atom. The summed E-state index contributed by atoms with van der Waals surface area (Å²) in [7, 11) is 2.13. The Labute approximate surface area is 114 Å². The van der Waals surface area contributed by atoms with E-state index in [4.69, 9.17) is 27.9 Å². The maximum absolute atomic E-state index is 11.1. The molecule has 0 aromatic heterocycles. The van der Waals surface area contributed by atoms with Crippen molar-refractivity contribution >= 4 is 21.2 Å². The van der Waals surface area contributed by atoms with Crippen LogP contribution in [-0.4, -0.2) is 54.3 Å². The van der Waals surface area contributed by atoms with Gasteiger partial charge in [0.05, 0.1) is 6.61 Å². The summed E-state index contributed by atoms with van der Waals surface area (Å²) in [6.07, 6.45) is 0.640. The highest BCUT2D eigenvalue weighted by molar-refractivity contribution is 6.60. The van der Waals surface area contributed by atoms with Crippen LogP contribution in [0.5, 0.6) is 0 Å². The van der Waals surface area contributed by atoms with Crippen molar-refractivity contribution in [2.75, 3.05) is 27.9 Å². The van der Waals surface area contributed by atoms with Crippen LogP contribution in [0.15, 0.2) is 12.2 Å². The highest BCUT2D eigenvalue weighted by atomic mass is 28.4. The molecular weight excluding hydrogens is 272 g/mol. The molecule has 0 aromatic carbocycles. The molecule has 0 aliphatic rings. The van der Waals surface area contributed by atoms with Gasteiger partial charge in [0.1, 0.15) is 0 Å². The Balaban J connectivity index is 0. The third-order valence-corrected chi connectivity index (χ3v) is 4.97. The van der Waals surface area contributed by atoms with Gasteiger partial charge in [-0.15, -0.1) is 0 Å². The molecule has 8 heteroatoms. The minimum atomic E-state index is -2.53. The Morgan fingerprint density at radius 2 is 1.68 bits per heavy atom. The van der Waals surface area contributed by atoms with Crippen molar-refractivity contribution in [2.45, 2.75) is 19.4 Å². The zero-order valence-electron chi connectivity index (χ0n) is 11.7. The lowest BCUT2D eigenvalue weighted by Gasteiger charge is -2.24. The van der Waals surface area contributed by atoms with Gasteiger partial charge in [-0.1, -0.05) is 6.58 Å². The van der Waals surface area contributed by atoms with E-state index in [9.17, 15) is 4.79 Å². The van der Waals surface area contributed by atoms with Crippen LogP contribution in [0.3, 0.4) is 0 Å². The van der Waals surface area contributed by atoms with Crippen LogP contribution in [0, 0.1) is 0 Å². The molecule has 0 aliphatic carbocycles. The smallest absolute Gasteiger partial charge is 0.473 e. The largest absolute Gasteiger partial charge is 0.500 e. The second-order valence-corrected chi connectivity index (χ2v) is 6.50. The average molecular weight is 293 g/mol. The van der Waals surface area contributed by atoms with E-state index >= 15 is 0 Å². The van der Waals surface area contributed by atoms with Gasteiger partial charge in [-0.2, -0.15) is 0 Å². The molecular formula is C11H21O7Si. The molecule has 0 saturated carbocycles. The molecule has 0 saturated heterocycles. The lowest BCUT2D eigenvalue weighted by atomic mass is 10.4. The summed E-state index contributed by atoms with van der Waals surface area (Å²) < 4.78 is 20.6. The third kappa shape index (κ3) is 9.37. The molecule has 0 atom stereocenters. The summed E-state index contributed by atoms with van der Waals surface area (Å²) in [6, 6.07) is 0.611. The zero-order chi connectivity index (χ0) is 15.3. The van der Waals surface area contributed by atoms with Gasteiger partial charge in [0.25, 0.3) is 0 Å². The minimum absolute atomic E-state index is 0.316. The molecule has 0 aliphatic heterocycles. The van der Waals surface area contributed by atoms with E-state index in [1.54, 1.807) is 28.3 Å².